The van der Waals surface area contributed by atoms with Crippen LogP contribution in [0, 0.1) is 5.92 Å². The highest BCUT2D eigenvalue weighted by Gasteiger charge is 2.48. The summed E-state index contributed by atoms with van der Waals surface area (Å²) in [5.74, 6) is -1.25. The largest absolute Gasteiger partial charge is 0.481 e. The molecular formula is C12H13ClO3. The minimum Gasteiger partial charge on any atom is -0.481 e. The van der Waals surface area contributed by atoms with Gasteiger partial charge in [-0.05, 0) is 17.7 Å². The molecule has 16 heavy (non-hydrogen) atoms. The molecule has 1 saturated heterocycles. The van der Waals surface area contributed by atoms with E-state index in [0.717, 1.165) is 5.56 Å². The van der Waals surface area contributed by atoms with E-state index in [2.05, 4.69) is 0 Å². The Hall–Kier alpha value is -1.06. The van der Waals surface area contributed by atoms with Crippen LogP contribution in [0.3, 0.4) is 0 Å². The Morgan fingerprint density at radius 1 is 1.44 bits per heavy atom. The van der Waals surface area contributed by atoms with Crippen molar-refractivity contribution in [2.75, 3.05) is 13.2 Å². The standard InChI is InChI=1S/C12H13ClO3/c1-8(11(14)15)12(6-16-7-12)9-2-4-10(13)5-3-9/h2-5,8H,6-7H2,1H3,(H,14,15). The molecule has 1 fully saturated rings. The van der Waals surface area contributed by atoms with Crippen molar-refractivity contribution in [1.82, 2.24) is 0 Å². The van der Waals surface area contributed by atoms with E-state index in [1.54, 1.807) is 19.1 Å². The minimum absolute atomic E-state index is 0.392. The van der Waals surface area contributed by atoms with Crippen molar-refractivity contribution in [2.24, 2.45) is 5.92 Å². The molecule has 1 heterocycles. The average Bonchev–Trinajstić information content (AvgIpc) is 2.19. The fourth-order valence-electron chi connectivity index (χ4n) is 2.01. The SMILES string of the molecule is CC(C(=O)O)C1(c2ccc(Cl)cc2)COC1. The monoisotopic (exact) mass is 240 g/mol. The molecule has 0 saturated carbocycles. The molecule has 1 aliphatic rings. The Balaban J connectivity index is 2.34. The third-order valence-electron chi connectivity index (χ3n) is 3.34. The Morgan fingerprint density at radius 3 is 2.38 bits per heavy atom. The lowest BCUT2D eigenvalue weighted by Gasteiger charge is -2.44. The topological polar surface area (TPSA) is 46.5 Å². The second-order valence-corrected chi connectivity index (χ2v) is 4.65. The van der Waals surface area contributed by atoms with Crippen molar-refractivity contribution in [1.29, 1.82) is 0 Å². The van der Waals surface area contributed by atoms with E-state index in [4.69, 9.17) is 21.4 Å². The van der Waals surface area contributed by atoms with Crippen LogP contribution in [-0.2, 0) is 14.9 Å². The third kappa shape index (κ3) is 1.70. The maximum atomic E-state index is 11.1. The van der Waals surface area contributed by atoms with Crippen LogP contribution in [-0.4, -0.2) is 24.3 Å². The summed E-state index contributed by atoms with van der Waals surface area (Å²) in [4.78, 5) is 11.1. The molecule has 0 spiro atoms. The number of carboxylic acids is 1. The van der Waals surface area contributed by atoms with Crippen LogP contribution in [0.2, 0.25) is 5.02 Å². The lowest BCUT2D eigenvalue weighted by atomic mass is 9.69. The van der Waals surface area contributed by atoms with Crippen molar-refractivity contribution in [3.05, 3.63) is 34.9 Å². The first-order chi connectivity index (χ1) is 7.56. The fraction of sp³-hybridized carbons (Fsp3) is 0.417. The highest BCUT2D eigenvalue weighted by atomic mass is 35.5. The van der Waals surface area contributed by atoms with Gasteiger partial charge in [0.1, 0.15) is 0 Å². The number of aliphatic carboxylic acids is 1. The van der Waals surface area contributed by atoms with Crippen molar-refractivity contribution in [2.45, 2.75) is 12.3 Å². The van der Waals surface area contributed by atoms with Crippen LogP contribution in [0.15, 0.2) is 24.3 Å². The molecule has 1 aromatic rings. The van der Waals surface area contributed by atoms with Crippen LogP contribution < -0.4 is 0 Å². The molecule has 0 radical (unpaired) electrons. The van der Waals surface area contributed by atoms with Crippen LogP contribution >= 0.6 is 11.6 Å². The summed E-state index contributed by atoms with van der Waals surface area (Å²) < 4.78 is 5.20. The Bertz CT molecular complexity index is 395. The van der Waals surface area contributed by atoms with Crippen molar-refractivity contribution < 1.29 is 14.6 Å². The number of ether oxygens (including phenoxy) is 1. The summed E-state index contributed by atoms with van der Waals surface area (Å²) >= 11 is 5.82. The molecule has 1 unspecified atom stereocenters. The highest BCUT2D eigenvalue weighted by Crippen LogP contribution is 2.39. The highest BCUT2D eigenvalue weighted by molar-refractivity contribution is 6.30. The number of hydrogen-bond donors (Lipinski definition) is 1. The number of benzene rings is 1. The summed E-state index contributed by atoms with van der Waals surface area (Å²) in [6.07, 6.45) is 0. The van der Waals surface area contributed by atoms with Gasteiger partial charge in [-0.1, -0.05) is 30.7 Å². The van der Waals surface area contributed by atoms with Crippen LogP contribution in [0.5, 0.6) is 0 Å². The van der Waals surface area contributed by atoms with Crippen molar-refractivity contribution >= 4 is 17.6 Å². The fourth-order valence-corrected chi connectivity index (χ4v) is 2.13. The summed E-state index contributed by atoms with van der Waals surface area (Å²) in [6, 6.07) is 7.33. The summed E-state index contributed by atoms with van der Waals surface area (Å²) in [7, 11) is 0. The molecule has 86 valence electrons. The zero-order valence-electron chi connectivity index (χ0n) is 8.94. The molecule has 0 bridgehead atoms. The van der Waals surface area contributed by atoms with Gasteiger partial charge < -0.3 is 9.84 Å². The van der Waals surface area contributed by atoms with Gasteiger partial charge in [0, 0.05) is 5.02 Å². The first-order valence-electron chi connectivity index (χ1n) is 5.13. The maximum Gasteiger partial charge on any atom is 0.307 e. The average molecular weight is 241 g/mol. The second kappa shape index (κ2) is 4.07. The van der Waals surface area contributed by atoms with Crippen LogP contribution in [0.4, 0.5) is 0 Å². The number of carboxylic acid groups (broad SMARTS) is 1. The number of carbonyl (C=O) groups is 1. The van der Waals surface area contributed by atoms with E-state index in [9.17, 15) is 4.79 Å². The zero-order chi connectivity index (χ0) is 11.8. The molecule has 1 aromatic carbocycles. The van der Waals surface area contributed by atoms with E-state index in [1.807, 2.05) is 12.1 Å². The number of halogens is 1. The van der Waals surface area contributed by atoms with Crippen molar-refractivity contribution in [3.63, 3.8) is 0 Å². The third-order valence-corrected chi connectivity index (χ3v) is 3.59. The molecule has 2 rings (SSSR count). The lowest BCUT2D eigenvalue weighted by Crippen LogP contribution is -2.53. The minimum atomic E-state index is -0.793. The van der Waals surface area contributed by atoms with Gasteiger partial charge in [0.2, 0.25) is 0 Å². The predicted molar refractivity (Wildman–Crippen MR) is 60.7 cm³/mol. The van der Waals surface area contributed by atoms with E-state index in [1.165, 1.54) is 0 Å². The van der Waals surface area contributed by atoms with Gasteiger partial charge in [-0.3, -0.25) is 4.79 Å². The molecule has 4 heteroatoms. The molecule has 1 aliphatic heterocycles. The summed E-state index contributed by atoms with van der Waals surface area (Å²) in [5, 5.41) is 9.77. The van der Waals surface area contributed by atoms with E-state index >= 15 is 0 Å². The van der Waals surface area contributed by atoms with E-state index in [0.29, 0.717) is 18.2 Å². The number of rotatable bonds is 3. The Kier molecular flexibility index (Phi) is 2.91. The molecular weight excluding hydrogens is 228 g/mol. The van der Waals surface area contributed by atoms with Gasteiger partial charge in [0.15, 0.2) is 0 Å². The molecule has 0 aliphatic carbocycles. The lowest BCUT2D eigenvalue weighted by molar-refractivity contribution is -0.155. The molecule has 0 aromatic heterocycles. The predicted octanol–water partition coefficient (Wildman–Crippen LogP) is 2.33. The van der Waals surface area contributed by atoms with Gasteiger partial charge in [-0.2, -0.15) is 0 Å². The van der Waals surface area contributed by atoms with Gasteiger partial charge >= 0.3 is 5.97 Å². The summed E-state index contributed by atoms with van der Waals surface area (Å²) in [6.45, 7) is 2.64. The smallest absolute Gasteiger partial charge is 0.307 e. The second-order valence-electron chi connectivity index (χ2n) is 4.22. The quantitative estimate of drug-likeness (QED) is 0.882. The molecule has 1 N–H and O–H groups in total. The van der Waals surface area contributed by atoms with Gasteiger partial charge in [0.25, 0.3) is 0 Å². The Labute approximate surface area is 99.0 Å². The number of hydrogen-bond acceptors (Lipinski definition) is 2. The normalized spacial score (nSPS) is 19.9. The van der Waals surface area contributed by atoms with Gasteiger partial charge in [-0.25, -0.2) is 0 Å². The first kappa shape index (κ1) is 11.4. The molecule has 1 atom stereocenters. The zero-order valence-corrected chi connectivity index (χ0v) is 9.70. The summed E-state index contributed by atoms with van der Waals surface area (Å²) in [5.41, 5.74) is 0.592. The van der Waals surface area contributed by atoms with Crippen LogP contribution in [0.25, 0.3) is 0 Å². The van der Waals surface area contributed by atoms with E-state index < -0.39 is 17.3 Å². The van der Waals surface area contributed by atoms with E-state index in [-0.39, 0.29) is 0 Å². The van der Waals surface area contributed by atoms with Gasteiger partial charge in [-0.15, -0.1) is 0 Å². The first-order valence-corrected chi connectivity index (χ1v) is 5.51. The molecule has 3 nitrogen and oxygen atoms in total. The molecule has 0 amide bonds. The Morgan fingerprint density at radius 2 is 2.00 bits per heavy atom. The van der Waals surface area contributed by atoms with Crippen molar-refractivity contribution in [3.8, 4) is 0 Å². The maximum absolute atomic E-state index is 11.1. The van der Waals surface area contributed by atoms with Crippen LogP contribution in [0.1, 0.15) is 12.5 Å². The van der Waals surface area contributed by atoms with Gasteiger partial charge in [0.05, 0.1) is 24.5 Å².